The second-order valence-electron chi connectivity index (χ2n) is 8.13. The summed E-state index contributed by atoms with van der Waals surface area (Å²) in [6, 6.07) is 7.73. The summed E-state index contributed by atoms with van der Waals surface area (Å²) in [5.41, 5.74) is 3.41. The molecule has 3 rings (SSSR count). The normalized spacial score (nSPS) is 14.3. The fourth-order valence-electron chi connectivity index (χ4n) is 3.93. The standard InChI is InChI=1S/C23H32N4O3/c1-6-21-22(23(29)26-13-11-25(12-14-26)17(4)28)20(15-16(2)3)24-27(21)18-7-9-19(30-5)10-8-18/h7-10,16H,6,11-15H2,1-5H3. The van der Waals surface area contributed by atoms with Crippen molar-refractivity contribution in [1.82, 2.24) is 19.6 Å². The zero-order valence-electron chi connectivity index (χ0n) is 18.6. The van der Waals surface area contributed by atoms with Crippen LogP contribution in [0, 0.1) is 5.92 Å². The smallest absolute Gasteiger partial charge is 0.257 e. The van der Waals surface area contributed by atoms with Gasteiger partial charge in [0.1, 0.15) is 5.75 Å². The first-order valence-corrected chi connectivity index (χ1v) is 10.7. The van der Waals surface area contributed by atoms with Gasteiger partial charge in [-0.15, -0.1) is 0 Å². The minimum Gasteiger partial charge on any atom is -0.497 e. The summed E-state index contributed by atoms with van der Waals surface area (Å²) in [7, 11) is 1.64. The van der Waals surface area contributed by atoms with Crippen molar-refractivity contribution in [2.75, 3.05) is 33.3 Å². The monoisotopic (exact) mass is 412 g/mol. The minimum atomic E-state index is 0.0189. The highest BCUT2D eigenvalue weighted by Crippen LogP contribution is 2.25. The molecule has 7 nitrogen and oxygen atoms in total. The van der Waals surface area contributed by atoms with Gasteiger partial charge in [-0.1, -0.05) is 20.8 Å². The van der Waals surface area contributed by atoms with Crippen molar-refractivity contribution < 1.29 is 14.3 Å². The molecule has 0 aliphatic carbocycles. The molecule has 0 spiro atoms. The summed E-state index contributed by atoms with van der Waals surface area (Å²) in [4.78, 5) is 28.8. The second-order valence-corrected chi connectivity index (χ2v) is 8.13. The molecule has 0 bridgehead atoms. The third kappa shape index (κ3) is 4.50. The van der Waals surface area contributed by atoms with E-state index < -0.39 is 0 Å². The molecule has 2 heterocycles. The first kappa shape index (κ1) is 21.9. The Labute approximate surface area is 178 Å². The number of hydrogen-bond donors (Lipinski definition) is 0. The third-order valence-corrected chi connectivity index (χ3v) is 5.53. The fraction of sp³-hybridized carbons (Fsp3) is 0.522. The average Bonchev–Trinajstić information content (AvgIpc) is 3.10. The van der Waals surface area contributed by atoms with Gasteiger partial charge in [0, 0.05) is 33.1 Å². The molecule has 7 heteroatoms. The van der Waals surface area contributed by atoms with E-state index in [0.717, 1.165) is 34.8 Å². The Bertz CT molecular complexity index is 894. The molecule has 0 radical (unpaired) electrons. The van der Waals surface area contributed by atoms with Crippen LogP contribution in [-0.2, 0) is 17.6 Å². The van der Waals surface area contributed by atoms with Gasteiger partial charge in [0.2, 0.25) is 5.91 Å². The Kier molecular flexibility index (Phi) is 6.80. The molecule has 0 saturated carbocycles. The number of ether oxygens (including phenoxy) is 1. The third-order valence-electron chi connectivity index (χ3n) is 5.53. The van der Waals surface area contributed by atoms with E-state index >= 15 is 0 Å². The van der Waals surface area contributed by atoms with Crippen molar-refractivity contribution in [1.29, 1.82) is 0 Å². The molecule has 2 amide bonds. The van der Waals surface area contributed by atoms with Crippen LogP contribution in [0.3, 0.4) is 0 Å². The number of piperazine rings is 1. The largest absolute Gasteiger partial charge is 0.497 e. The maximum absolute atomic E-state index is 13.6. The van der Waals surface area contributed by atoms with Crippen LogP contribution in [-0.4, -0.2) is 64.7 Å². The van der Waals surface area contributed by atoms with E-state index in [1.807, 2.05) is 33.8 Å². The van der Waals surface area contributed by atoms with Crippen LogP contribution in [0.4, 0.5) is 0 Å². The van der Waals surface area contributed by atoms with E-state index in [1.54, 1.807) is 18.9 Å². The van der Waals surface area contributed by atoms with E-state index in [2.05, 4.69) is 20.8 Å². The molecule has 0 unspecified atom stereocenters. The summed E-state index contributed by atoms with van der Waals surface area (Å²) in [5, 5.41) is 4.87. The van der Waals surface area contributed by atoms with Crippen LogP contribution in [0.1, 0.15) is 49.4 Å². The number of nitrogens with zero attached hydrogens (tertiary/aromatic N) is 4. The summed E-state index contributed by atoms with van der Waals surface area (Å²) >= 11 is 0. The first-order chi connectivity index (χ1) is 14.3. The summed E-state index contributed by atoms with van der Waals surface area (Å²) in [6.07, 6.45) is 1.44. The van der Waals surface area contributed by atoms with Crippen LogP contribution < -0.4 is 4.74 Å². The molecule has 1 aromatic heterocycles. The quantitative estimate of drug-likeness (QED) is 0.732. The Morgan fingerprint density at radius 1 is 1.07 bits per heavy atom. The first-order valence-electron chi connectivity index (χ1n) is 10.7. The highest BCUT2D eigenvalue weighted by Gasteiger charge is 2.30. The molecule has 1 aromatic carbocycles. The van der Waals surface area contributed by atoms with Crippen molar-refractivity contribution in [2.45, 2.75) is 40.5 Å². The number of amides is 2. The Balaban J connectivity index is 1.98. The number of methoxy groups -OCH3 is 1. The summed E-state index contributed by atoms with van der Waals surface area (Å²) in [6.45, 7) is 10.2. The number of benzene rings is 1. The molecule has 0 N–H and O–H groups in total. The molecule has 1 aliphatic rings. The van der Waals surface area contributed by atoms with Crippen molar-refractivity contribution >= 4 is 11.8 Å². The zero-order valence-corrected chi connectivity index (χ0v) is 18.6. The van der Waals surface area contributed by atoms with Gasteiger partial charge < -0.3 is 14.5 Å². The Morgan fingerprint density at radius 3 is 2.17 bits per heavy atom. The predicted octanol–water partition coefficient (Wildman–Crippen LogP) is 2.95. The molecule has 162 valence electrons. The van der Waals surface area contributed by atoms with E-state index in [1.165, 1.54) is 0 Å². The highest BCUT2D eigenvalue weighted by molar-refractivity contribution is 5.97. The van der Waals surface area contributed by atoms with Crippen LogP contribution >= 0.6 is 0 Å². The van der Waals surface area contributed by atoms with Crippen molar-refractivity contribution in [3.63, 3.8) is 0 Å². The maximum Gasteiger partial charge on any atom is 0.257 e. The zero-order chi connectivity index (χ0) is 21.8. The van der Waals surface area contributed by atoms with Crippen LogP contribution in [0.2, 0.25) is 0 Å². The summed E-state index contributed by atoms with van der Waals surface area (Å²) < 4.78 is 7.17. The van der Waals surface area contributed by atoms with Gasteiger partial charge in [-0.25, -0.2) is 4.68 Å². The lowest BCUT2D eigenvalue weighted by atomic mass is 10.0. The molecule has 30 heavy (non-hydrogen) atoms. The van der Waals surface area contributed by atoms with Crippen LogP contribution in [0.25, 0.3) is 5.69 Å². The topological polar surface area (TPSA) is 67.7 Å². The Hall–Kier alpha value is -2.83. The van der Waals surface area contributed by atoms with Crippen molar-refractivity contribution in [3.8, 4) is 11.4 Å². The van der Waals surface area contributed by atoms with Gasteiger partial charge in [-0.05, 0) is 43.0 Å². The van der Waals surface area contributed by atoms with Gasteiger partial charge >= 0.3 is 0 Å². The Morgan fingerprint density at radius 2 is 1.67 bits per heavy atom. The molecule has 1 fully saturated rings. The van der Waals surface area contributed by atoms with Gasteiger partial charge in [0.25, 0.3) is 5.91 Å². The lowest BCUT2D eigenvalue weighted by Gasteiger charge is -2.34. The number of hydrogen-bond acceptors (Lipinski definition) is 4. The number of carbonyl (C=O) groups excluding carboxylic acids is 2. The second kappa shape index (κ2) is 9.32. The molecule has 2 aromatic rings. The summed E-state index contributed by atoms with van der Waals surface area (Å²) in [5.74, 6) is 1.25. The molecule has 1 saturated heterocycles. The van der Waals surface area contributed by atoms with Crippen molar-refractivity contribution in [3.05, 3.63) is 41.2 Å². The fourth-order valence-corrected chi connectivity index (χ4v) is 3.93. The minimum absolute atomic E-state index is 0.0189. The molecular formula is C23H32N4O3. The number of rotatable bonds is 6. The van der Waals surface area contributed by atoms with Crippen LogP contribution in [0.5, 0.6) is 5.75 Å². The van der Waals surface area contributed by atoms with Gasteiger partial charge in [0.05, 0.1) is 29.7 Å². The average molecular weight is 413 g/mol. The molecule has 0 atom stereocenters. The van der Waals surface area contributed by atoms with Gasteiger partial charge in [-0.2, -0.15) is 5.10 Å². The molecular weight excluding hydrogens is 380 g/mol. The lowest BCUT2D eigenvalue weighted by Crippen LogP contribution is -2.50. The van der Waals surface area contributed by atoms with E-state index in [-0.39, 0.29) is 11.8 Å². The van der Waals surface area contributed by atoms with E-state index in [4.69, 9.17) is 9.84 Å². The highest BCUT2D eigenvalue weighted by atomic mass is 16.5. The molecule has 1 aliphatic heterocycles. The van der Waals surface area contributed by atoms with Gasteiger partial charge in [-0.3, -0.25) is 9.59 Å². The van der Waals surface area contributed by atoms with Gasteiger partial charge in [0.15, 0.2) is 0 Å². The lowest BCUT2D eigenvalue weighted by molar-refractivity contribution is -0.130. The van der Waals surface area contributed by atoms with E-state index in [9.17, 15) is 9.59 Å². The van der Waals surface area contributed by atoms with E-state index in [0.29, 0.717) is 38.5 Å². The van der Waals surface area contributed by atoms with Crippen LogP contribution in [0.15, 0.2) is 24.3 Å². The maximum atomic E-state index is 13.6. The number of aromatic nitrogens is 2. The number of carbonyl (C=O) groups is 2. The van der Waals surface area contributed by atoms with Crippen molar-refractivity contribution in [2.24, 2.45) is 5.92 Å². The SMILES string of the molecule is CCc1c(C(=O)N2CCN(C(C)=O)CC2)c(CC(C)C)nn1-c1ccc(OC)cc1. The predicted molar refractivity (Wildman–Crippen MR) is 116 cm³/mol.